The minimum absolute atomic E-state index is 0.755. The van der Waals surface area contributed by atoms with Gasteiger partial charge in [-0.2, -0.15) is 0 Å². The molecule has 1 heterocycles. The van der Waals surface area contributed by atoms with E-state index in [0.29, 0.717) is 0 Å². The van der Waals surface area contributed by atoms with Crippen molar-refractivity contribution >= 4 is 23.3 Å². The Morgan fingerprint density at radius 3 is 2.04 bits per heavy atom. The van der Waals surface area contributed by atoms with Crippen LogP contribution in [0.5, 0.6) is 0 Å². The third kappa shape index (κ3) is 4.47. The van der Waals surface area contributed by atoms with Crippen molar-refractivity contribution < 1.29 is 0 Å². The molecule has 0 aliphatic heterocycles. The molecule has 2 nitrogen and oxygen atoms in total. The molecule has 0 spiro atoms. The largest absolute Gasteiger partial charge is 0.238 e. The van der Waals surface area contributed by atoms with E-state index in [9.17, 15) is 0 Å². The molecule has 2 aliphatic carbocycles. The Labute approximate surface area is 160 Å². The van der Waals surface area contributed by atoms with Crippen molar-refractivity contribution in [2.45, 2.75) is 80.6 Å². The van der Waals surface area contributed by atoms with Crippen LogP contribution < -0.4 is 0 Å². The number of hydrogen-bond donors (Lipinski definition) is 0. The van der Waals surface area contributed by atoms with Crippen molar-refractivity contribution in [1.29, 1.82) is 0 Å². The third-order valence-electron chi connectivity index (χ3n) is 5.61. The summed E-state index contributed by atoms with van der Waals surface area (Å²) < 4.78 is 3.99. The fraction of sp³-hybridized carbons (Fsp3) is 0.571. The highest BCUT2D eigenvalue weighted by atomic mass is 32.2. The van der Waals surface area contributed by atoms with Gasteiger partial charge in [-0.05, 0) is 37.6 Å². The summed E-state index contributed by atoms with van der Waals surface area (Å²) >= 11 is 3.77. The van der Waals surface area contributed by atoms with Crippen molar-refractivity contribution in [3.8, 4) is 11.3 Å². The van der Waals surface area contributed by atoms with Crippen LogP contribution in [0, 0.1) is 0 Å². The lowest BCUT2D eigenvalue weighted by molar-refractivity contribution is 0.185. The number of rotatable bonds is 5. The van der Waals surface area contributed by atoms with Crippen LogP contribution in [0.4, 0.5) is 0 Å². The first-order chi connectivity index (χ1) is 12.4. The maximum Gasteiger partial charge on any atom is 0.165 e. The Hall–Kier alpha value is -0.840. The van der Waals surface area contributed by atoms with Gasteiger partial charge in [-0.3, -0.25) is 0 Å². The lowest BCUT2D eigenvalue weighted by Crippen LogP contribution is -2.40. The summed E-state index contributed by atoms with van der Waals surface area (Å²) in [5.41, 5.74) is 2.35. The van der Waals surface area contributed by atoms with E-state index in [2.05, 4.69) is 40.0 Å². The Bertz CT molecular complexity index is 625. The Morgan fingerprint density at radius 1 is 0.840 bits per heavy atom. The minimum atomic E-state index is 0.755. The molecule has 4 rings (SSSR count). The monoisotopic (exact) mass is 372 g/mol. The molecule has 134 valence electrons. The first kappa shape index (κ1) is 17.6. The standard InChI is InChI=1S/C21H28N2S2/c1-4-10-17(11-5-1)20-16-24-21(22-20)25-23(18-12-6-2-7-13-18)19-14-8-3-9-15-19/h1,4-5,10-11,16,18-19H,2-3,6-9,12-15H2. The molecule has 0 amide bonds. The number of nitrogens with zero attached hydrogens (tertiary/aromatic N) is 2. The van der Waals surface area contributed by atoms with E-state index in [1.165, 1.54) is 74.1 Å². The Kier molecular flexibility index (Phi) is 6.11. The van der Waals surface area contributed by atoms with Gasteiger partial charge in [-0.25, -0.2) is 9.29 Å². The summed E-state index contributed by atoms with van der Waals surface area (Å²) in [4.78, 5) is 4.95. The van der Waals surface area contributed by atoms with Gasteiger partial charge in [0.15, 0.2) is 4.34 Å². The molecule has 1 aromatic heterocycles. The van der Waals surface area contributed by atoms with Crippen molar-refractivity contribution in [2.24, 2.45) is 0 Å². The molecular formula is C21H28N2S2. The molecule has 4 heteroatoms. The van der Waals surface area contributed by atoms with Crippen LogP contribution in [-0.4, -0.2) is 21.4 Å². The van der Waals surface area contributed by atoms with E-state index in [-0.39, 0.29) is 0 Å². The molecule has 2 saturated carbocycles. The van der Waals surface area contributed by atoms with Crippen molar-refractivity contribution in [2.75, 3.05) is 0 Å². The van der Waals surface area contributed by atoms with Crippen LogP contribution in [0.25, 0.3) is 11.3 Å². The lowest BCUT2D eigenvalue weighted by atomic mass is 9.91. The normalized spacial score (nSPS) is 20.2. The molecule has 0 bridgehead atoms. The maximum atomic E-state index is 4.95. The van der Waals surface area contributed by atoms with Gasteiger partial charge in [0.25, 0.3) is 0 Å². The van der Waals surface area contributed by atoms with Crippen molar-refractivity contribution in [1.82, 2.24) is 9.29 Å². The Balaban J connectivity index is 1.50. The second-order valence-electron chi connectivity index (χ2n) is 7.40. The van der Waals surface area contributed by atoms with Crippen molar-refractivity contribution in [3.63, 3.8) is 0 Å². The van der Waals surface area contributed by atoms with Crippen molar-refractivity contribution in [3.05, 3.63) is 35.7 Å². The van der Waals surface area contributed by atoms with Gasteiger partial charge in [0.05, 0.1) is 5.69 Å². The SMILES string of the molecule is c1ccc(-c2csc(SN(C3CCCCC3)C3CCCCC3)n2)cc1. The summed E-state index contributed by atoms with van der Waals surface area (Å²) in [5.74, 6) is 0. The van der Waals surface area contributed by atoms with Crippen LogP contribution in [0.3, 0.4) is 0 Å². The van der Waals surface area contributed by atoms with Gasteiger partial charge in [0.1, 0.15) is 0 Å². The van der Waals surface area contributed by atoms with Gasteiger partial charge in [0, 0.05) is 23.0 Å². The highest BCUT2D eigenvalue weighted by Crippen LogP contribution is 2.39. The number of benzene rings is 1. The topological polar surface area (TPSA) is 16.1 Å². The summed E-state index contributed by atoms with van der Waals surface area (Å²) in [5, 5.41) is 2.22. The van der Waals surface area contributed by atoms with Gasteiger partial charge >= 0.3 is 0 Å². The van der Waals surface area contributed by atoms with Crippen LogP contribution in [-0.2, 0) is 0 Å². The zero-order valence-corrected chi connectivity index (χ0v) is 16.5. The summed E-state index contributed by atoms with van der Waals surface area (Å²) in [7, 11) is 0. The fourth-order valence-electron chi connectivity index (χ4n) is 4.25. The summed E-state index contributed by atoms with van der Waals surface area (Å²) in [6.45, 7) is 0. The average molecular weight is 373 g/mol. The maximum absolute atomic E-state index is 4.95. The highest BCUT2D eigenvalue weighted by Gasteiger charge is 2.30. The molecule has 0 radical (unpaired) electrons. The predicted octanol–water partition coefficient (Wildman–Crippen LogP) is 6.78. The first-order valence-corrected chi connectivity index (χ1v) is 11.5. The second kappa shape index (κ2) is 8.70. The third-order valence-corrected chi connectivity index (χ3v) is 7.81. The van der Waals surface area contributed by atoms with Gasteiger partial charge < -0.3 is 0 Å². The van der Waals surface area contributed by atoms with E-state index in [0.717, 1.165) is 17.8 Å². The summed E-state index contributed by atoms with van der Waals surface area (Å²) in [6, 6.07) is 12.1. The number of hydrogen-bond acceptors (Lipinski definition) is 4. The van der Waals surface area contributed by atoms with E-state index >= 15 is 0 Å². The predicted molar refractivity (Wildman–Crippen MR) is 109 cm³/mol. The van der Waals surface area contributed by atoms with Crippen LogP contribution in [0.1, 0.15) is 64.2 Å². The van der Waals surface area contributed by atoms with Gasteiger partial charge in [-0.15, -0.1) is 11.3 Å². The van der Waals surface area contributed by atoms with Crippen LogP contribution in [0.15, 0.2) is 40.1 Å². The van der Waals surface area contributed by atoms with E-state index in [1.807, 2.05) is 23.3 Å². The van der Waals surface area contributed by atoms with Crippen LogP contribution in [0.2, 0.25) is 0 Å². The molecule has 0 N–H and O–H groups in total. The molecule has 0 unspecified atom stereocenters. The molecule has 2 fully saturated rings. The molecule has 25 heavy (non-hydrogen) atoms. The Morgan fingerprint density at radius 2 is 1.44 bits per heavy atom. The lowest BCUT2D eigenvalue weighted by Gasteiger charge is -2.40. The van der Waals surface area contributed by atoms with E-state index < -0.39 is 0 Å². The number of thiazole rings is 1. The minimum Gasteiger partial charge on any atom is -0.238 e. The molecule has 2 aromatic rings. The summed E-state index contributed by atoms with van der Waals surface area (Å²) in [6.07, 6.45) is 14.0. The first-order valence-electron chi connectivity index (χ1n) is 9.87. The molecule has 0 atom stereocenters. The number of aromatic nitrogens is 1. The quantitative estimate of drug-likeness (QED) is 0.538. The van der Waals surface area contributed by atoms with Gasteiger partial charge in [-0.1, -0.05) is 68.9 Å². The molecular weight excluding hydrogens is 344 g/mol. The zero-order valence-electron chi connectivity index (χ0n) is 14.9. The van der Waals surface area contributed by atoms with Crippen LogP contribution >= 0.6 is 23.3 Å². The fourth-order valence-corrected chi connectivity index (χ4v) is 6.42. The molecule has 0 saturated heterocycles. The zero-order chi connectivity index (χ0) is 16.9. The molecule has 1 aromatic carbocycles. The van der Waals surface area contributed by atoms with E-state index in [1.54, 1.807) is 0 Å². The molecule has 2 aliphatic rings. The van der Waals surface area contributed by atoms with Gasteiger partial charge in [0.2, 0.25) is 0 Å². The smallest absolute Gasteiger partial charge is 0.165 e. The highest BCUT2D eigenvalue weighted by molar-refractivity contribution is 7.98. The second-order valence-corrected chi connectivity index (χ2v) is 9.51. The van der Waals surface area contributed by atoms with E-state index in [4.69, 9.17) is 4.98 Å². The average Bonchev–Trinajstić information content (AvgIpc) is 3.17.